The molecule has 3 rings (SSSR count). The number of ether oxygens (including phenoxy) is 1. The summed E-state index contributed by atoms with van der Waals surface area (Å²) in [4.78, 5) is 17.6. The third-order valence-electron chi connectivity index (χ3n) is 4.68. The summed E-state index contributed by atoms with van der Waals surface area (Å²) >= 11 is 0. The SMILES string of the molecule is CC.COC(=O)CCCC1CCCCN1Oc1cccc2ccccc12. The molecule has 1 unspecified atom stereocenters. The number of methoxy groups -OCH3 is 1. The van der Waals surface area contributed by atoms with Crippen LogP contribution in [0.1, 0.15) is 52.4 Å². The highest BCUT2D eigenvalue weighted by Crippen LogP contribution is 2.29. The Hall–Kier alpha value is -2.07. The second-order valence-electron chi connectivity index (χ2n) is 6.33. The molecule has 1 heterocycles. The largest absolute Gasteiger partial charge is 0.469 e. The molecule has 1 fully saturated rings. The van der Waals surface area contributed by atoms with E-state index in [0.717, 1.165) is 43.4 Å². The molecular weight excluding hydrogens is 326 g/mol. The fourth-order valence-corrected chi connectivity index (χ4v) is 3.37. The quantitative estimate of drug-likeness (QED) is 0.653. The van der Waals surface area contributed by atoms with Crippen LogP contribution in [-0.2, 0) is 9.53 Å². The molecule has 1 saturated heterocycles. The van der Waals surface area contributed by atoms with Crippen molar-refractivity contribution in [1.82, 2.24) is 5.06 Å². The lowest BCUT2D eigenvalue weighted by molar-refractivity contribution is -0.141. The lowest BCUT2D eigenvalue weighted by Gasteiger charge is -2.35. The number of hydrogen-bond acceptors (Lipinski definition) is 4. The average molecular weight is 357 g/mol. The van der Waals surface area contributed by atoms with E-state index in [2.05, 4.69) is 23.3 Å². The third-order valence-corrected chi connectivity index (χ3v) is 4.68. The first kappa shape index (κ1) is 20.2. The van der Waals surface area contributed by atoms with E-state index in [9.17, 15) is 4.79 Å². The average Bonchev–Trinajstić information content (AvgIpc) is 2.71. The lowest BCUT2D eigenvalue weighted by atomic mass is 9.99. The molecular formula is C22H31NO3. The summed E-state index contributed by atoms with van der Waals surface area (Å²) in [6.07, 6.45) is 5.77. The van der Waals surface area contributed by atoms with Gasteiger partial charge in [-0.05, 0) is 37.1 Å². The Morgan fingerprint density at radius 3 is 2.69 bits per heavy atom. The van der Waals surface area contributed by atoms with Crippen molar-refractivity contribution in [3.05, 3.63) is 42.5 Å². The van der Waals surface area contributed by atoms with Gasteiger partial charge >= 0.3 is 5.97 Å². The Bertz CT molecular complexity index is 681. The topological polar surface area (TPSA) is 38.8 Å². The van der Waals surface area contributed by atoms with Crippen molar-refractivity contribution in [3.8, 4) is 5.75 Å². The molecule has 142 valence electrons. The maximum Gasteiger partial charge on any atom is 0.305 e. The molecule has 0 spiro atoms. The van der Waals surface area contributed by atoms with Gasteiger partial charge in [0.25, 0.3) is 0 Å². The van der Waals surface area contributed by atoms with Crippen LogP contribution >= 0.6 is 0 Å². The molecule has 0 radical (unpaired) electrons. The van der Waals surface area contributed by atoms with Crippen LogP contribution < -0.4 is 4.84 Å². The van der Waals surface area contributed by atoms with Gasteiger partial charge in [-0.3, -0.25) is 4.79 Å². The van der Waals surface area contributed by atoms with Crippen LogP contribution in [0.25, 0.3) is 10.8 Å². The first-order valence-corrected chi connectivity index (χ1v) is 9.77. The molecule has 1 aliphatic rings. The number of carbonyl (C=O) groups excluding carboxylic acids is 1. The first-order valence-electron chi connectivity index (χ1n) is 9.77. The Morgan fingerprint density at radius 1 is 1.12 bits per heavy atom. The summed E-state index contributed by atoms with van der Waals surface area (Å²) in [7, 11) is 1.44. The number of rotatable bonds is 6. The van der Waals surface area contributed by atoms with Gasteiger partial charge in [-0.15, -0.1) is 5.06 Å². The van der Waals surface area contributed by atoms with Gasteiger partial charge < -0.3 is 9.57 Å². The molecule has 0 bridgehead atoms. The molecule has 0 aromatic heterocycles. The number of nitrogens with zero attached hydrogens (tertiary/aromatic N) is 1. The fourth-order valence-electron chi connectivity index (χ4n) is 3.37. The zero-order valence-corrected chi connectivity index (χ0v) is 16.2. The smallest absolute Gasteiger partial charge is 0.305 e. The van der Waals surface area contributed by atoms with Crippen molar-refractivity contribution >= 4 is 16.7 Å². The molecule has 1 atom stereocenters. The van der Waals surface area contributed by atoms with Crippen LogP contribution in [0.4, 0.5) is 0 Å². The molecule has 1 aliphatic heterocycles. The molecule has 0 aliphatic carbocycles. The van der Waals surface area contributed by atoms with E-state index in [1.807, 2.05) is 38.1 Å². The predicted octanol–water partition coefficient (Wildman–Crippen LogP) is 5.36. The number of carbonyl (C=O) groups is 1. The Kier molecular flexibility index (Phi) is 8.42. The van der Waals surface area contributed by atoms with E-state index >= 15 is 0 Å². The fraction of sp³-hybridized carbons (Fsp3) is 0.500. The molecule has 0 amide bonds. The number of piperidine rings is 1. The van der Waals surface area contributed by atoms with Gasteiger partial charge in [0, 0.05) is 24.4 Å². The van der Waals surface area contributed by atoms with Gasteiger partial charge in [-0.25, -0.2) is 0 Å². The van der Waals surface area contributed by atoms with Crippen molar-refractivity contribution in [1.29, 1.82) is 0 Å². The molecule has 0 N–H and O–H groups in total. The highest BCUT2D eigenvalue weighted by molar-refractivity contribution is 5.88. The zero-order chi connectivity index (χ0) is 18.8. The van der Waals surface area contributed by atoms with Crippen LogP contribution in [0.15, 0.2) is 42.5 Å². The highest BCUT2D eigenvalue weighted by atomic mass is 16.7. The van der Waals surface area contributed by atoms with Crippen molar-refractivity contribution < 1.29 is 14.4 Å². The predicted molar refractivity (Wildman–Crippen MR) is 106 cm³/mol. The highest BCUT2D eigenvalue weighted by Gasteiger charge is 2.24. The Labute approximate surface area is 157 Å². The second-order valence-corrected chi connectivity index (χ2v) is 6.33. The molecule has 26 heavy (non-hydrogen) atoms. The van der Waals surface area contributed by atoms with Gasteiger partial charge in [-0.2, -0.15) is 0 Å². The summed E-state index contributed by atoms with van der Waals surface area (Å²) in [6, 6.07) is 14.8. The Balaban J connectivity index is 0.00000117. The molecule has 2 aromatic carbocycles. The summed E-state index contributed by atoms with van der Waals surface area (Å²) in [5, 5.41) is 4.44. The maximum atomic E-state index is 11.3. The molecule has 4 nitrogen and oxygen atoms in total. The van der Waals surface area contributed by atoms with Gasteiger partial charge in [0.2, 0.25) is 0 Å². The normalized spacial score (nSPS) is 17.3. The van der Waals surface area contributed by atoms with Gasteiger partial charge in [0.1, 0.15) is 0 Å². The van der Waals surface area contributed by atoms with Crippen LogP contribution in [0.5, 0.6) is 5.75 Å². The Morgan fingerprint density at radius 2 is 1.88 bits per heavy atom. The number of benzene rings is 2. The summed E-state index contributed by atoms with van der Waals surface area (Å²) < 4.78 is 4.73. The van der Waals surface area contributed by atoms with Crippen molar-refractivity contribution in [2.45, 2.75) is 58.4 Å². The van der Waals surface area contributed by atoms with Gasteiger partial charge in [-0.1, -0.05) is 56.7 Å². The number of esters is 1. The van der Waals surface area contributed by atoms with Gasteiger partial charge in [0.05, 0.1) is 7.11 Å². The third kappa shape index (κ3) is 5.46. The minimum absolute atomic E-state index is 0.132. The molecule has 0 saturated carbocycles. The minimum atomic E-state index is -0.132. The minimum Gasteiger partial charge on any atom is -0.469 e. The number of fused-ring (bicyclic) bond motifs is 1. The van der Waals surface area contributed by atoms with Gasteiger partial charge in [0.15, 0.2) is 5.75 Å². The van der Waals surface area contributed by atoms with Crippen molar-refractivity contribution in [3.63, 3.8) is 0 Å². The van der Waals surface area contributed by atoms with Crippen LogP contribution in [0, 0.1) is 0 Å². The zero-order valence-electron chi connectivity index (χ0n) is 16.2. The standard InChI is InChI=1S/C20H25NO3.C2H6/c1-23-20(22)14-7-11-17-10-4-5-15-21(17)24-19-13-6-9-16-8-2-3-12-18(16)19;1-2/h2-3,6,8-9,12-13,17H,4-5,7,10-11,14-15H2,1H3;1-2H3. The van der Waals surface area contributed by atoms with Crippen LogP contribution in [-0.4, -0.2) is 30.7 Å². The second kappa shape index (κ2) is 10.8. The monoisotopic (exact) mass is 357 g/mol. The molecule has 2 aromatic rings. The van der Waals surface area contributed by atoms with E-state index in [4.69, 9.17) is 9.57 Å². The summed E-state index contributed by atoms with van der Waals surface area (Å²) in [5.74, 6) is 0.778. The lowest BCUT2D eigenvalue weighted by Crippen LogP contribution is -2.41. The van der Waals surface area contributed by atoms with E-state index < -0.39 is 0 Å². The van der Waals surface area contributed by atoms with E-state index in [1.165, 1.54) is 18.9 Å². The van der Waals surface area contributed by atoms with Crippen LogP contribution in [0.3, 0.4) is 0 Å². The number of hydrogen-bond donors (Lipinski definition) is 0. The van der Waals surface area contributed by atoms with E-state index in [1.54, 1.807) is 0 Å². The van der Waals surface area contributed by atoms with Crippen molar-refractivity contribution in [2.75, 3.05) is 13.7 Å². The molecule has 4 heteroatoms. The van der Waals surface area contributed by atoms with E-state index in [0.29, 0.717) is 12.5 Å². The van der Waals surface area contributed by atoms with Crippen LogP contribution in [0.2, 0.25) is 0 Å². The van der Waals surface area contributed by atoms with Crippen molar-refractivity contribution in [2.24, 2.45) is 0 Å². The number of hydroxylamine groups is 2. The first-order chi connectivity index (χ1) is 12.8. The maximum absolute atomic E-state index is 11.3. The summed E-state index contributed by atoms with van der Waals surface area (Å²) in [5.41, 5.74) is 0. The van der Waals surface area contributed by atoms with E-state index in [-0.39, 0.29) is 5.97 Å². The summed E-state index contributed by atoms with van der Waals surface area (Å²) in [6.45, 7) is 4.94.